The lowest BCUT2D eigenvalue weighted by Gasteiger charge is -2.25. The van der Waals surface area contributed by atoms with E-state index in [4.69, 9.17) is 5.73 Å². The molecule has 1 aliphatic heterocycles. The summed E-state index contributed by atoms with van der Waals surface area (Å²) in [6.45, 7) is 0.977. The summed E-state index contributed by atoms with van der Waals surface area (Å²) >= 11 is 0. The Labute approximate surface area is 93.8 Å². The van der Waals surface area contributed by atoms with Crippen LogP contribution in [-0.2, 0) is 11.3 Å². The SMILES string of the molecule is NCc1cc(F)ccc1[C@H]1CC(=O)CCN1. The molecule has 0 unspecified atom stereocenters. The molecular weight excluding hydrogens is 207 g/mol. The fourth-order valence-electron chi connectivity index (χ4n) is 2.10. The zero-order chi connectivity index (χ0) is 11.5. The topological polar surface area (TPSA) is 55.1 Å². The standard InChI is InChI=1S/C12H15FN2O/c13-9-1-2-11(8(5-9)7-14)12-6-10(16)3-4-15-12/h1-2,5,12,15H,3-4,6-7,14H2/t12-/m1/s1. The van der Waals surface area contributed by atoms with Crippen molar-refractivity contribution in [1.29, 1.82) is 0 Å². The maximum atomic E-state index is 13.0. The van der Waals surface area contributed by atoms with Gasteiger partial charge in [-0.15, -0.1) is 0 Å². The van der Waals surface area contributed by atoms with Gasteiger partial charge >= 0.3 is 0 Å². The van der Waals surface area contributed by atoms with Gasteiger partial charge in [0.05, 0.1) is 0 Å². The summed E-state index contributed by atoms with van der Waals surface area (Å²) < 4.78 is 13.0. The third-order valence-electron chi connectivity index (χ3n) is 2.93. The molecule has 0 saturated carbocycles. The minimum atomic E-state index is -0.286. The molecule has 0 aliphatic carbocycles. The minimum absolute atomic E-state index is 0.0135. The van der Waals surface area contributed by atoms with Gasteiger partial charge in [0, 0.05) is 32.0 Å². The molecule has 1 aromatic rings. The Balaban J connectivity index is 2.28. The molecule has 3 N–H and O–H groups in total. The van der Waals surface area contributed by atoms with Crippen LogP contribution in [0.1, 0.15) is 30.0 Å². The molecule has 0 spiro atoms. The van der Waals surface area contributed by atoms with Gasteiger partial charge in [0.1, 0.15) is 11.6 Å². The molecule has 86 valence electrons. The predicted octanol–water partition coefficient (Wildman–Crippen LogP) is 1.28. The maximum absolute atomic E-state index is 13.0. The summed E-state index contributed by atoms with van der Waals surface area (Å²) in [5.74, 6) is -0.0395. The highest BCUT2D eigenvalue weighted by Gasteiger charge is 2.22. The third kappa shape index (κ3) is 2.28. The summed E-state index contributed by atoms with van der Waals surface area (Å²) in [7, 11) is 0. The first-order valence-electron chi connectivity index (χ1n) is 5.44. The number of benzene rings is 1. The van der Waals surface area contributed by atoms with Crippen molar-refractivity contribution < 1.29 is 9.18 Å². The summed E-state index contributed by atoms with van der Waals surface area (Å²) in [5.41, 5.74) is 7.29. The van der Waals surface area contributed by atoms with Crippen LogP contribution in [0.5, 0.6) is 0 Å². The maximum Gasteiger partial charge on any atom is 0.136 e. The number of hydrogen-bond acceptors (Lipinski definition) is 3. The number of ketones is 1. The van der Waals surface area contributed by atoms with Gasteiger partial charge in [-0.3, -0.25) is 4.79 Å². The first-order valence-corrected chi connectivity index (χ1v) is 5.44. The Morgan fingerprint density at radius 3 is 3.00 bits per heavy atom. The van der Waals surface area contributed by atoms with E-state index in [0.717, 1.165) is 11.1 Å². The first kappa shape index (κ1) is 11.2. The lowest BCUT2D eigenvalue weighted by atomic mass is 9.93. The van der Waals surface area contributed by atoms with Crippen molar-refractivity contribution in [2.24, 2.45) is 5.73 Å². The molecule has 2 rings (SSSR count). The van der Waals surface area contributed by atoms with Gasteiger partial charge in [-0.05, 0) is 23.3 Å². The Morgan fingerprint density at radius 1 is 1.50 bits per heavy atom. The van der Waals surface area contributed by atoms with E-state index in [1.54, 1.807) is 6.07 Å². The fraction of sp³-hybridized carbons (Fsp3) is 0.417. The summed E-state index contributed by atoms with van der Waals surface area (Å²) in [5, 5.41) is 3.26. The van der Waals surface area contributed by atoms with Crippen LogP contribution in [0.25, 0.3) is 0 Å². The van der Waals surface area contributed by atoms with Gasteiger partial charge < -0.3 is 11.1 Å². The van der Waals surface area contributed by atoms with E-state index in [0.29, 0.717) is 25.9 Å². The molecule has 1 aromatic carbocycles. The van der Waals surface area contributed by atoms with E-state index < -0.39 is 0 Å². The highest BCUT2D eigenvalue weighted by molar-refractivity contribution is 5.80. The van der Waals surface area contributed by atoms with Crippen LogP contribution in [-0.4, -0.2) is 12.3 Å². The molecule has 1 atom stereocenters. The van der Waals surface area contributed by atoms with Gasteiger partial charge in [-0.2, -0.15) is 0 Å². The lowest BCUT2D eigenvalue weighted by molar-refractivity contribution is -0.120. The molecule has 1 saturated heterocycles. The second-order valence-corrected chi connectivity index (χ2v) is 4.05. The number of halogens is 1. The van der Waals surface area contributed by atoms with E-state index >= 15 is 0 Å². The summed E-state index contributed by atoms with van der Waals surface area (Å²) in [6, 6.07) is 4.56. The summed E-state index contributed by atoms with van der Waals surface area (Å²) in [6.07, 6.45) is 1.05. The number of piperidine rings is 1. The van der Waals surface area contributed by atoms with E-state index in [1.165, 1.54) is 12.1 Å². The Hall–Kier alpha value is -1.26. The van der Waals surface area contributed by atoms with Crippen molar-refractivity contribution >= 4 is 5.78 Å². The van der Waals surface area contributed by atoms with E-state index in [9.17, 15) is 9.18 Å². The van der Waals surface area contributed by atoms with Crippen LogP contribution in [0, 0.1) is 5.82 Å². The third-order valence-corrected chi connectivity index (χ3v) is 2.93. The first-order chi connectivity index (χ1) is 7.70. The molecular formula is C12H15FN2O. The molecule has 0 radical (unpaired) electrons. The predicted molar refractivity (Wildman–Crippen MR) is 59.3 cm³/mol. The Kier molecular flexibility index (Phi) is 3.31. The number of Topliss-reactive ketones (excluding diaryl/α,β-unsaturated/α-hetero) is 1. The molecule has 4 heteroatoms. The van der Waals surface area contributed by atoms with Crippen molar-refractivity contribution in [3.63, 3.8) is 0 Å². The van der Waals surface area contributed by atoms with Crippen LogP contribution < -0.4 is 11.1 Å². The number of hydrogen-bond donors (Lipinski definition) is 2. The average molecular weight is 222 g/mol. The Morgan fingerprint density at radius 2 is 2.31 bits per heavy atom. The zero-order valence-electron chi connectivity index (χ0n) is 9.00. The number of carbonyl (C=O) groups excluding carboxylic acids is 1. The van der Waals surface area contributed by atoms with Crippen LogP contribution in [0.4, 0.5) is 4.39 Å². The molecule has 3 nitrogen and oxygen atoms in total. The second-order valence-electron chi connectivity index (χ2n) is 4.05. The van der Waals surface area contributed by atoms with Crippen molar-refractivity contribution in [2.75, 3.05) is 6.54 Å². The van der Waals surface area contributed by atoms with Crippen LogP contribution >= 0.6 is 0 Å². The van der Waals surface area contributed by atoms with Crippen LogP contribution in [0.3, 0.4) is 0 Å². The largest absolute Gasteiger partial charge is 0.326 e. The molecule has 0 bridgehead atoms. The van der Waals surface area contributed by atoms with Gasteiger partial charge in [0.2, 0.25) is 0 Å². The second kappa shape index (κ2) is 4.72. The van der Waals surface area contributed by atoms with Gasteiger partial charge in [0.15, 0.2) is 0 Å². The van der Waals surface area contributed by atoms with Crippen LogP contribution in [0.2, 0.25) is 0 Å². The number of carbonyl (C=O) groups is 1. The molecule has 0 aromatic heterocycles. The van der Waals surface area contributed by atoms with Crippen molar-refractivity contribution in [3.05, 3.63) is 35.1 Å². The zero-order valence-corrected chi connectivity index (χ0v) is 9.00. The minimum Gasteiger partial charge on any atom is -0.326 e. The summed E-state index contributed by atoms with van der Waals surface area (Å²) in [4.78, 5) is 11.4. The van der Waals surface area contributed by atoms with Crippen molar-refractivity contribution in [3.8, 4) is 0 Å². The quantitative estimate of drug-likeness (QED) is 0.792. The van der Waals surface area contributed by atoms with Gasteiger partial charge in [-0.25, -0.2) is 4.39 Å². The smallest absolute Gasteiger partial charge is 0.136 e. The van der Waals surface area contributed by atoms with Gasteiger partial charge in [0.25, 0.3) is 0 Å². The highest BCUT2D eigenvalue weighted by Crippen LogP contribution is 2.24. The normalized spacial score (nSPS) is 21.1. The number of nitrogens with one attached hydrogen (secondary N) is 1. The van der Waals surface area contributed by atoms with E-state index in [2.05, 4.69) is 5.32 Å². The monoisotopic (exact) mass is 222 g/mol. The van der Waals surface area contributed by atoms with Gasteiger partial charge in [-0.1, -0.05) is 6.07 Å². The fourth-order valence-corrected chi connectivity index (χ4v) is 2.10. The van der Waals surface area contributed by atoms with E-state index in [1.807, 2.05) is 0 Å². The molecule has 16 heavy (non-hydrogen) atoms. The Bertz CT molecular complexity index is 406. The molecule has 1 aliphatic rings. The molecule has 1 fully saturated rings. The average Bonchev–Trinajstić information content (AvgIpc) is 2.28. The molecule has 0 amide bonds. The molecule has 1 heterocycles. The van der Waals surface area contributed by atoms with Crippen molar-refractivity contribution in [1.82, 2.24) is 5.32 Å². The van der Waals surface area contributed by atoms with Crippen molar-refractivity contribution in [2.45, 2.75) is 25.4 Å². The number of rotatable bonds is 2. The lowest BCUT2D eigenvalue weighted by Crippen LogP contribution is -2.32. The van der Waals surface area contributed by atoms with E-state index in [-0.39, 0.29) is 17.6 Å². The number of nitrogens with two attached hydrogens (primary N) is 1. The van der Waals surface area contributed by atoms with Crippen LogP contribution in [0.15, 0.2) is 18.2 Å². The highest BCUT2D eigenvalue weighted by atomic mass is 19.1.